The number of nitrogens with zero attached hydrogens (tertiary/aromatic N) is 1. The lowest BCUT2D eigenvalue weighted by Gasteiger charge is -2.37. The molecule has 6 heteroatoms. The van der Waals surface area contributed by atoms with Crippen LogP contribution in [0, 0.1) is 6.92 Å². The van der Waals surface area contributed by atoms with Crippen LogP contribution < -0.4 is 20.9 Å². The van der Waals surface area contributed by atoms with Crippen LogP contribution in [-0.2, 0) is 4.79 Å². The van der Waals surface area contributed by atoms with E-state index in [9.17, 15) is 9.59 Å². The molecule has 0 aliphatic carbocycles. The zero-order valence-electron chi connectivity index (χ0n) is 14.9. The summed E-state index contributed by atoms with van der Waals surface area (Å²) in [4.78, 5) is 27.3. The van der Waals surface area contributed by atoms with Gasteiger partial charge in [0.05, 0.1) is 26.2 Å². The van der Waals surface area contributed by atoms with E-state index in [0.29, 0.717) is 0 Å². The van der Waals surface area contributed by atoms with Crippen LogP contribution in [0.3, 0.4) is 0 Å². The fraction of sp³-hybridized carbons (Fsp3) is 0.300. The van der Waals surface area contributed by atoms with Crippen molar-refractivity contribution in [2.24, 2.45) is 5.73 Å². The van der Waals surface area contributed by atoms with E-state index in [-0.39, 0.29) is 5.91 Å². The molecule has 0 unspecified atom stereocenters. The predicted molar refractivity (Wildman–Crippen MR) is 101 cm³/mol. The molecule has 0 aromatic heterocycles. The highest BCUT2D eigenvalue weighted by Crippen LogP contribution is 2.19. The molecule has 0 saturated carbocycles. The molecule has 136 valence electrons. The molecule has 3 amide bonds. The van der Waals surface area contributed by atoms with Gasteiger partial charge in [0.2, 0.25) is 0 Å². The Morgan fingerprint density at radius 2 is 1.65 bits per heavy atom. The zero-order chi connectivity index (χ0) is 18.5. The van der Waals surface area contributed by atoms with Gasteiger partial charge in [-0.25, -0.2) is 4.79 Å². The fourth-order valence-corrected chi connectivity index (χ4v) is 3.65. The first-order chi connectivity index (χ1) is 12.6. The first-order valence-corrected chi connectivity index (χ1v) is 8.86. The summed E-state index contributed by atoms with van der Waals surface area (Å²) in [7, 11) is 0. The average molecular weight is 353 g/mol. The first-order valence-electron chi connectivity index (χ1n) is 8.86. The van der Waals surface area contributed by atoms with Gasteiger partial charge in [-0.3, -0.25) is 10.1 Å². The number of hydrogen-bond acceptors (Lipinski definition) is 3. The number of rotatable bonds is 4. The van der Waals surface area contributed by atoms with Crippen molar-refractivity contribution in [2.75, 3.05) is 31.1 Å². The second-order valence-corrected chi connectivity index (χ2v) is 6.63. The molecule has 1 atom stereocenters. The molecule has 4 N–H and O–H groups in total. The van der Waals surface area contributed by atoms with E-state index >= 15 is 0 Å². The Labute approximate surface area is 153 Å². The Kier molecular flexibility index (Phi) is 5.53. The number of hydrogen-bond donors (Lipinski definition) is 3. The van der Waals surface area contributed by atoms with E-state index in [1.54, 1.807) is 0 Å². The maximum atomic E-state index is 12.6. The van der Waals surface area contributed by atoms with E-state index in [1.165, 1.54) is 11.3 Å². The third-order valence-corrected chi connectivity index (χ3v) is 4.91. The number of amides is 3. The average Bonchev–Trinajstić information content (AvgIpc) is 2.63. The van der Waals surface area contributed by atoms with Crippen molar-refractivity contribution in [1.82, 2.24) is 5.32 Å². The van der Waals surface area contributed by atoms with Crippen LogP contribution in [0.1, 0.15) is 17.2 Å². The lowest BCUT2D eigenvalue weighted by atomic mass is 10.0. The zero-order valence-corrected chi connectivity index (χ0v) is 14.9. The Hall–Kier alpha value is -2.86. The highest BCUT2D eigenvalue weighted by atomic mass is 16.2. The van der Waals surface area contributed by atoms with Crippen LogP contribution in [0.5, 0.6) is 0 Å². The number of piperazine rings is 1. The van der Waals surface area contributed by atoms with Gasteiger partial charge < -0.3 is 15.5 Å². The molecule has 1 fully saturated rings. The molecule has 1 aliphatic rings. The minimum absolute atomic E-state index is 0.344. The molecule has 1 heterocycles. The summed E-state index contributed by atoms with van der Waals surface area (Å²) in [6.07, 6.45) is 0. The van der Waals surface area contributed by atoms with Gasteiger partial charge in [-0.1, -0.05) is 48.5 Å². The number of nitrogens with two attached hydrogens (primary N) is 1. The van der Waals surface area contributed by atoms with Crippen molar-refractivity contribution in [2.45, 2.75) is 13.0 Å². The standard InChI is InChI=1S/C20H24N4O2/c1-15-7-5-6-10-17(15)23-11-13-24(14-12-23)18(19(25)22-20(21)26)16-8-3-2-4-9-16/h2-10,18H,11-14H2,1H3,(H3,21,22,25,26)/p+1/t18-/m1/s1. The van der Waals surface area contributed by atoms with Gasteiger partial charge in [-0.2, -0.15) is 0 Å². The monoisotopic (exact) mass is 353 g/mol. The van der Waals surface area contributed by atoms with Crippen LogP contribution in [0.4, 0.5) is 10.5 Å². The van der Waals surface area contributed by atoms with Crippen LogP contribution in [0.25, 0.3) is 0 Å². The molecular weight excluding hydrogens is 328 g/mol. The highest BCUT2D eigenvalue weighted by molar-refractivity contribution is 5.96. The van der Waals surface area contributed by atoms with Crippen molar-refractivity contribution in [3.05, 3.63) is 65.7 Å². The normalized spacial score (nSPS) is 16.1. The Morgan fingerprint density at radius 3 is 2.27 bits per heavy atom. The van der Waals surface area contributed by atoms with Gasteiger partial charge in [-0.15, -0.1) is 0 Å². The van der Waals surface area contributed by atoms with E-state index in [2.05, 4.69) is 35.3 Å². The molecule has 0 radical (unpaired) electrons. The number of carbonyl (C=O) groups is 2. The minimum atomic E-state index is -0.811. The number of aryl methyl sites for hydroxylation is 1. The molecule has 0 spiro atoms. The molecule has 1 aliphatic heterocycles. The van der Waals surface area contributed by atoms with Crippen LogP contribution in [0.2, 0.25) is 0 Å². The van der Waals surface area contributed by atoms with E-state index in [4.69, 9.17) is 5.73 Å². The predicted octanol–water partition coefficient (Wildman–Crippen LogP) is 0.636. The fourth-order valence-electron chi connectivity index (χ4n) is 3.65. The lowest BCUT2D eigenvalue weighted by molar-refractivity contribution is -0.922. The summed E-state index contributed by atoms with van der Waals surface area (Å²) in [6, 6.07) is 16.7. The number of imide groups is 1. The molecule has 1 saturated heterocycles. The first kappa shape index (κ1) is 17.9. The Balaban J connectivity index is 1.76. The van der Waals surface area contributed by atoms with E-state index < -0.39 is 12.1 Å². The topological polar surface area (TPSA) is 79.9 Å². The quantitative estimate of drug-likeness (QED) is 0.755. The van der Waals surface area contributed by atoms with E-state index in [0.717, 1.165) is 36.6 Å². The molecule has 2 aromatic carbocycles. The van der Waals surface area contributed by atoms with Crippen LogP contribution >= 0.6 is 0 Å². The molecular formula is C20H25N4O2+. The van der Waals surface area contributed by atoms with Gasteiger partial charge in [0, 0.05) is 11.3 Å². The smallest absolute Gasteiger partial charge is 0.319 e. The van der Waals surface area contributed by atoms with Crippen LogP contribution in [-0.4, -0.2) is 38.1 Å². The molecule has 3 rings (SSSR count). The maximum absolute atomic E-state index is 12.6. The molecule has 6 nitrogen and oxygen atoms in total. The molecule has 26 heavy (non-hydrogen) atoms. The number of quaternary nitrogens is 1. The summed E-state index contributed by atoms with van der Waals surface area (Å²) in [5, 5.41) is 2.26. The molecule has 0 bridgehead atoms. The summed E-state index contributed by atoms with van der Waals surface area (Å²) in [5.74, 6) is -0.344. The third kappa shape index (κ3) is 4.03. The summed E-state index contributed by atoms with van der Waals surface area (Å²) >= 11 is 0. The second kappa shape index (κ2) is 8.01. The van der Waals surface area contributed by atoms with Gasteiger partial charge in [0.25, 0.3) is 5.91 Å². The maximum Gasteiger partial charge on any atom is 0.319 e. The van der Waals surface area contributed by atoms with Gasteiger partial charge in [-0.05, 0) is 18.6 Å². The number of para-hydroxylation sites is 1. The highest BCUT2D eigenvalue weighted by Gasteiger charge is 2.34. The van der Waals surface area contributed by atoms with E-state index in [1.807, 2.05) is 36.4 Å². The van der Waals surface area contributed by atoms with Crippen molar-refractivity contribution >= 4 is 17.6 Å². The summed E-state index contributed by atoms with van der Waals surface area (Å²) in [6.45, 7) is 5.43. The number of carbonyl (C=O) groups excluding carboxylic acids is 2. The number of urea groups is 1. The van der Waals surface area contributed by atoms with Crippen molar-refractivity contribution in [1.29, 1.82) is 0 Å². The number of benzene rings is 2. The summed E-state index contributed by atoms with van der Waals surface area (Å²) in [5.41, 5.74) is 8.55. The van der Waals surface area contributed by atoms with Gasteiger partial charge in [0.15, 0.2) is 6.04 Å². The van der Waals surface area contributed by atoms with Crippen molar-refractivity contribution < 1.29 is 14.5 Å². The number of anilines is 1. The second-order valence-electron chi connectivity index (χ2n) is 6.63. The van der Waals surface area contributed by atoms with Crippen molar-refractivity contribution in [3.8, 4) is 0 Å². The Morgan fingerprint density at radius 1 is 1.04 bits per heavy atom. The Bertz CT molecular complexity index is 770. The minimum Gasteiger partial charge on any atom is -0.360 e. The largest absolute Gasteiger partial charge is 0.360 e. The molecule has 2 aromatic rings. The van der Waals surface area contributed by atoms with Crippen molar-refractivity contribution in [3.63, 3.8) is 0 Å². The lowest BCUT2D eigenvalue weighted by Crippen LogP contribution is -3.16. The number of primary amides is 1. The number of nitrogens with one attached hydrogen (secondary N) is 2. The van der Waals surface area contributed by atoms with Gasteiger partial charge >= 0.3 is 6.03 Å². The van der Waals surface area contributed by atoms with Crippen LogP contribution in [0.15, 0.2) is 54.6 Å². The third-order valence-electron chi connectivity index (χ3n) is 4.91. The summed E-state index contributed by atoms with van der Waals surface area (Å²) < 4.78 is 0. The SMILES string of the molecule is Cc1ccccc1N1CC[NH+]([C@@H](C(=O)NC(N)=O)c2ccccc2)CC1. The van der Waals surface area contributed by atoms with Gasteiger partial charge in [0.1, 0.15) is 0 Å².